The number of aromatic nitrogens is 2. The van der Waals surface area contributed by atoms with Crippen LogP contribution in [0.3, 0.4) is 0 Å². The number of amides is 1. The lowest BCUT2D eigenvalue weighted by Gasteiger charge is -2.34. The van der Waals surface area contributed by atoms with Crippen LogP contribution in [0.4, 0.5) is 0 Å². The van der Waals surface area contributed by atoms with Crippen molar-refractivity contribution in [3.05, 3.63) is 28.2 Å². The quantitative estimate of drug-likeness (QED) is 0.811. The number of hydrogen-bond acceptors (Lipinski definition) is 4. The van der Waals surface area contributed by atoms with E-state index in [1.54, 1.807) is 6.07 Å². The summed E-state index contributed by atoms with van der Waals surface area (Å²) < 4.78 is 1.29. The van der Waals surface area contributed by atoms with Crippen LogP contribution in [-0.2, 0) is 11.3 Å². The number of carbonyl (C=O) groups excluding carboxylic acids is 1. The normalized spacial score (nSPS) is 22.2. The van der Waals surface area contributed by atoms with Crippen LogP contribution >= 0.6 is 0 Å². The van der Waals surface area contributed by atoms with Crippen LogP contribution in [0.25, 0.3) is 0 Å². The molecule has 2 heterocycles. The van der Waals surface area contributed by atoms with E-state index in [-0.39, 0.29) is 18.0 Å². The van der Waals surface area contributed by atoms with Gasteiger partial charge < -0.3 is 4.90 Å². The van der Waals surface area contributed by atoms with E-state index in [1.807, 2.05) is 11.8 Å². The first kappa shape index (κ1) is 18.1. The van der Waals surface area contributed by atoms with E-state index in [1.165, 1.54) is 30.1 Å². The fourth-order valence-corrected chi connectivity index (χ4v) is 3.67. The Bertz CT molecular complexity index is 666. The summed E-state index contributed by atoms with van der Waals surface area (Å²) in [6.07, 6.45) is 3.70. The zero-order valence-corrected chi connectivity index (χ0v) is 15.6. The van der Waals surface area contributed by atoms with E-state index in [9.17, 15) is 9.59 Å². The third-order valence-corrected chi connectivity index (χ3v) is 5.35. The van der Waals surface area contributed by atoms with Crippen LogP contribution < -0.4 is 5.56 Å². The largest absolute Gasteiger partial charge is 0.339 e. The maximum atomic E-state index is 12.8. The molecule has 0 aromatic carbocycles. The van der Waals surface area contributed by atoms with Crippen molar-refractivity contribution in [3.8, 4) is 0 Å². The van der Waals surface area contributed by atoms with Gasteiger partial charge in [-0.05, 0) is 44.1 Å². The Kier molecular flexibility index (Phi) is 5.57. The average molecular weight is 346 g/mol. The molecule has 1 unspecified atom stereocenters. The van der Waals surface area contributed by atoms with Crippen molar-refractivity contribution >= 4 is 5.91 Å². The third-order valence-electron chi connectivity index (χ3n) is 5.35. The summed E-state index contributed by atoms with van der Waals surface area (Å²) in [7, 11) is 0. The summed E-state index contributed by atoms with van der Waals surface area (Å²) in [5, 5.41) is 4.19. The molecule has 0 N–H and O–H groups in total. The van der Waals surface area contributed by atoms with Crippen LogP contribution in [-0.4, -0.2) is 57.7 Å². The fraction of sp³-hybridized carbons (Fsp3) is 0.737. The molecule has 6 heteroatoms. The molecule has 1 amide bonds. The molecule has 1 aromatic heterocycles. The van der Waals surface area contributed by atoms with Crippen molar-refractivity contribution in [1.29, 1.82) is 0 Å². The minimum absolute atomic E-state index is 0.000813. The molecule has 1 aliphatic heterocycles. The highest BCUT2D eigenvalue weighted by molar-refractivity contribution is 5.76. The van der Waals surface area contributed by atoms with Crippen LogP contribution in [0.15, 0.2) is 16.9 Å². The number of hydrogen-bond donors (Lipinski definition) is 0. The molecular weight excluding hydrogens is 316 g/mol. The molecule has 0 radical (unpaired) electrons. The van der Waals surface area contributed by atoms with E-state index >= 15 is 0 Å². The van der Waals surface area contributed by atoms with Crippen molar-refractivity contribution in [2.45, 2.75) is 52.6 Å². The van der Waals surface area contributed by atoms with Crippen molar-refractivity contribution < 1.29 is 4.79 Å². The summed E-state index contributed by atoms with van der Waals surface area (Å²) in [5.74, 6) is 1.37. The molecule has 1 atom stereocenters. The van der Waals surface area contributed by atoms with Crippen molar-refractivity contribution in [1.82, 2.24) is 19.6 Å². The summed E-state index contributed by atoms with van der Waals surface area (Å²) in [6, 6.07) is 3.56. The highest BCUT2D eigenvalue weighted by Gasteiger charge is 2.33. The average Bonchev–Trinajstić information content (AvgIpc) is 3.38. The third kappa shape index (κ3) is 4.69. The Labute approximate surface area is 149 Å². The lowest BCUT2D eigenvalue weighted by atomic mass is 10.0. The van der Waals surface area contributed by atoms with Gasteiger partial charge >= 0.3 is 0 Å². The number of aryl methyl sites for hydroxylation is 1. The van der Waals surface area contributed by atoms with Gasteiger partial charge in [0, 0.05) is 38.3 Å². The van der Waals surface area contributed by atoms with Gasteiger partial charge in [0.05, 0.1) is 5.69 Å². The van der Waals surface area contributed by atoms with Gasteiger partial charge in [0.2, 0.25) is 5.91 Å². The maximum absolute atomic E-state index is 12.8. The molecule has 3 rings (SSSR count). The number of carbonyl (C=O) groups is 1. The van der Waals surface area contributed by atoms with Gasteiger partial charge in [-0.25, -0.2) is 4.68 Å². The Morgan fingerprint density at radius 2 is 2.04 bits per heavy atom. The van der Waals surface area contributed by atoms with Crippen molar-refractivity contribution in [3.63, 3.8) is 0 Å². The molecule has 0 bridgehead atoms. The summed E-state index contributed by atoms with van der Waals surface area (Å²) in [4.78, 5) is 29.3. The van der Waals surface area contributed by atoms with Gasteiger partial charge in [-0.2, -0.15) is 5.10 Å². The Hall–Kier alpha value is -1.69. The summed E-state index contributed by atoms with van der Waals surface area (Å²) in [6.45, 7) is 10.1. The number of nitrogens with zero attached hydrogens (tertiary/aromatic N) is 4. The molecule has 1 saturated heterocycles. The standard InChI is InChI=1S/C19H30N4O2/c1-14(2)17-12-22(10-4-9-21(17)11-16-6-7-16)19(25)13-23-18(24)8-5-15(3)20-23/h5,8,14,16-17H,4,6-7,9-13H2,1-3H3. The lowest BCUT2D eigenvalue weighted by Crippen LogP contribution is -2.47. The Morgan fingerprint density at radius 1 is 1.28 bits per heavy atom. The maximum Gasteiger partial charge on any atom is 0.267 e. The zero-order chi connectivity index (χ0) is 18.0. The summed E-state index contributed by atoms with van der Waals surface area (Å²) >= 11 is 0. The predicted octanol–water partition coefficient (Wildman–Crippen LogP) is 1.52. The van der Waals surface area contributed by atoms with E-state index in [2.05, 4.69) is 23.8 Å². The van der Waals surface area contributed by atoms with Gasteiger partial charge in [-0.3, -0.25) is 14.5 Å². The number of rotatable bonds is 5. The van der Waals surface area contributed by atoms with E-state index in [0.717, 1.165) is 37.7 Å². The van der Waals surface area contributed by atoms with Crippen LogP contribution in [0.1, 0.15) is 38.8 Å². The monoisotopic (exact) mass is 346 g/mol. The minimum atomic E-state index is -0.218. The first-order valence-electron chi connectivity index (χ1n) is 9.50. The molecule has 138 valence electrons. The van der Waals surface area contributed by atoms with E-state index in [4.69, 9.17) is 0 Å². The van der Waals surface area contributed by atoms with E-state index < -0.39 is 0 Å². The van der Waals surface area contributed by atoms with Crippen LogP contribution in [0.2, 0.25) is 0 Å². The Morgan fingerprint density at radius 3 is 2.72 bits per heavy atom. The molecule has 0 spiro atoms. The molecule has 1 aromatic rings. The minimum Gasteiger partial charge on any atom is -0.339 e. The van der Waals surface area contributed by atoms with Gasteiger partial charge in [0.15, 0.2) is 0 Å². The van der Waals surface area contributed by atoms with Crippen molar-refractivity contribution in [2.75, 3.05) is 26.2 Å². The van der Waals surface area contributed by atoms with Crippen molar-refractivity contribution in [2.24, 2.45) is 11.8 Å². The molecule has 1 aliphatic carbocycles. The van der Waals surface area contributed by atoms with Crippen LogP contribution in [0, 0.1) is 18.8 Å². The first-order chi connectivity index (χ1) is 11.9. The molecule has 2 aliphatic rings. The van der Waals surface area contributed by atoms with Gasteiger partial charge in [0.1, 0.15) is 6.54 Å². The second kappa shape index (κ2) is 7.68. The smallest absolute Gasteiger partial charge is 0.267 e. The summed E-state index contributed by atoms with van der Waals surface area (Å²) in [5.41, 5.74) is 0.531. The molecule has 2 fully saturated rings. The van der Waals surface area contributed by atoms with Crippen LogP contribution in [0.5, 0.6) is 0 Å². The SMILES string of the molecule is Cc1ccc(=O)n(CC(=O)N2CCCN(CC3CC3)C(C(C)C)C2)n1. The molecule has 6 nitrogen and oxygen atoms in total. The van der Waals surface area contributed by atoms with Gasteiger partial charge in [-0.15, -0.1) is 0 Å². The predicted molar refractivity (Wildman–Crippen MR) is 97.4 cm³/mol. The molecule has 25 heavy (non-hydrogen) atoms. The van der Waals surface area contributed by atoms with Gasteiger partial charge in [-0.1, -0.05) is 13.8 Å². The second-order valence-corrected chi connectivity index (χ2v) is 7.91. The topological polar surface area (TPSA) is 58.4 Å². The molecular formula is C19H30N4O2. The highest BCUT2D eigenvalue weighted by Crippen LogP contribution is 2.31. The highest BCUT2D eigenvalue weighted by atomic mass is 16.2. The Balaban J connectivity index is 1.69. The lowest BCUT2D eigenvalue weighted by molar-refractivity contribution is -0.132. The fourth-order valence-electron chi connectivity index (χ4n) is 3.67. The second-order valence-electron chi connectivity index (χ2n) is 7.91. The van der Waals surface area contributed by atoms with Gasteiger partial charge in [0.25, 0.3) is 5.56 Å². The zero-order valence-electron chi connectivity index (χ0n) is 15.6. The van der Waals surface area contributed by atoms with E-state index in [0.29, 0.717) is 12.0 Å². The first-order valence-corrected chi connectivity index (χ1v) is 9.50. The molecule has 1 saturated carbocycles.